The van der Waals surface area contributed by atoms with E-state index in [0.29, 0.717) is 0 Å². The van der Waals surface area contributed by atoms with Crippen LogP contribution in [0.1, 0.15) is 16.0 Å². The fraction of sp³-hybridized carbons (Fsp3) is 0.120. The quantitative estimate of drug-likeness (QED) is 0.302. The van der Waals surface area contributed by atoms with Crippen molar-refractivity contribution in [2.24, 2.45) is 0 Å². The van der Waals surface area contributed by atoms with Crippen molar-refractivity contribution in [2.75, 3.05) is 4.90 Å². The minimum atomic E-state index is 1.16. The molecule has 0 amide bonds. The zero-order valence-corrected chi connectivity index (χ0v) is 18.6. The molecule has 140 valence electrons. The van der Waals surface area contributed by atoms with Gasteiger partial charge in [-0.15, -0.1) is 11.3 Å². The van der Waals surface area contributed by atoms with Gasteiger partial charge in [0, 0.05) is 31.3 Å². The number of aryl methyl sites for hydroxylation is 3. The second-order valence-electron chi connectivity index (χ2n) is 7.07. The van der Waals surface area contributed by atoms with Crippen molar-refractivity contribution >= 4 is 44.3 Å². The molecule has 4 rings (SSSR count). The van der Waals surface area contributed by atoms with E-state index in [1.165, 1.54) is 30.9 Å². The van der Waals surface area contributed by atoms with Crippen molar-refractivity contribution in [1.29, 1.82) is 0 Å². The van der Waals surface area contributed by atoms with E-state index in [1.54, 1.807) is 0 Å². The Morgan fingerprint density at radius 2 is 1.07 bits per heavy atom. The zero-order chi connectivity index (χ0) is 19.7. The Bertz CT molecular complexity index is 1010. The van der Waals surface area contributed by atoms with Crippen LogP contribution in [0.3, 0.4) is 0 Å². The van der Waals surface area contributed by atoms with Crippen LogP contribution in [0.2, 0.25) is 0 Å². The molecular formula is C25H22BrNS. The van der Waals surface area contributed by atoms with Gasteiger partial charge in [0.1, 0.15) is 0 Å². The van der Waals surface area contributed by atoms with Gasteiger partial charge < -0.3 is 4.90 Å². The summed E-state index contributed by atoms with van der Waals surface area (Å²) in [6.07, 6.45) is 0. The van der Waals surface area contributed by atoms with E-state index in [4.69, 9.17) is 0 Å². The lowest BCUT2D eigenvalue weighted by Crippen LogP contribution is -2.09. The maximum atomic E-state index is 3.63. The molecule has 28 heavy (non-hydrogen) atoms. The van der Waals surface area contributed by atoms with Crippen molar-refractivity contribution in [1.82, 2.24) is 0 Å². The maximum absolute atomic E-state index is 3.63. The van der Waals surface area contributed by atoms with E-state index >= 15 is 0 Å². The zero-order valence-electron chi connectivity index (χ0n) is 16.2. The molecule has 1 aromatic heterocycles. The molecule has 0 N–H and O–H groups in total. The molecule has 0 saturated carbocycles. The van der Waals surface area contributed by atoms with Gasteiger partial charge in [0.15, 0.2) is 0 Å². The summed E-state index contributed by atoms with van der Waals surface area (Å²) in [6.45, 7) is 6.38. The summed E-state index contributed by atoms with van der Waals surface area (Å²) in [5.74, 6) is 0. The molecule has 1 heterocycles. The second kappa shape index (κ2) is 7.94. The van der Waals surface area contributed by atoms with Crippen LogP contribution in [0, 0.1) is 20.8 Å². The van der Waals surface area contributed by atoms with Gasteiger partial charge in [0.05, 0.1) is 0 Å². The number of benzene rings is 3. The highest BCUT2D eigenvalue weighted by atomic mass is 79.9. The molecule has 0 spiro atoms. The summed E-state index contributed by atoms with van der Waals surface area (Å²) in [5, 5.41) is 0. The lowest BCUT2D eigenvalue weighted by atomic mass is 10.1. The minimum Gasteiger partial charge on any atom is -0.311 e. The summed E-state index contributed by atoms with van der Waals surface area (Å²) >= 11 is 5.44. The van der Waals surface area contributed by atoms with Gasteiger partial charge in [-0.05, 0) is 84.7 Å². The molecule has 0 aliphatic rings. The third-order valence-electron chi connectivity index (χ3n) is 4.85. The molecule has 3 heteroatoms. The Balaban J connectivity index is 1.75. The third-order valence-corrected chi connectivity index (χ3v) is 7.04. The molecule has 0 bridgehead atoms. The highest BCUT2D eigenvalue weighted by Gasteiger charge is 2.13. The van der Waals surface area contributed by atoms with E-state index in [0.717, 1.165) is 17.1 Å². The molecule has 3 aromatic carbocycles. The van der Waals surface area contributed by atoms with Gasteiger partial charge in [-0.2, -0.15) is 0 Å². The average molecular weight is 448 g/mol. The Morgan fingerprint density at radius 3 is 1.46 bits per heavy atom. The number of thiophene rings is 1. The second-order valence-corrected chi connectivity index (χ2v) is 9.18. The van der Waals surface area contributed by atoms with E-state index < -0.39 is 0 Å². The molecule has 0 unspecified atom stereocenters. The van der Waals surface area contributed by atoms with Crippen molar-refractivity contribution in [3.8, 4) is 10.4 Å². The van der Waals surface area contributed by atoms with Gasteiger partial charge in [-0.1, -0.05) is 47.5 Å². The highest BCUT2D eigenvalue weighted by Crippen LogP contribution is 2.38. The predicted molar refractivity (Wildman–Crippen MR) is 126 cm³/mol. The summed E-state index contributed by atoms with van der Waals surface area (Å²) in [4.78, 5) is 4.89. The molecule has 1 nitrogen and oxygen atoms in total. The monoisotopic (exact) mass is 447 g/mol. The normalized spacial score (nSPS) is 10.9. The van der Waals surface area contributed by atoms with Crippen molar-refractivity contribution in [2.45, 2.75) is 20.8 Å². The molecule has 0 saturated heterocycles. The van der Waals surface area contributed by atoms with Gasteiger partial charge in [-0.25, -0.2) is 0 Å². The van der Waals surface area contributed by atoms with Crippen LogP contribution < -0.4 is 4.90 Å². The smallest absolute Gasteiger partial charge is 0.0462 e. The van der Waals surface area contributed by atoms with Gasteiger partial charge >= 0.3 is 0 Å². The van der Waals surface area contributed by atoms with Gasteiger partial charge in [-0.3, -0.25) is 0 Å². The number of halogens is 1. The number of hydrogen-bond donors (Lipinski definition) is 0. The molecular weight excluding hydrogens is 426 g/mol. The van der Waals surface area contributed by atoms with Crippen LogP contribution in [-0.2, 0) is 0 Å². The average Bonchev–Trinajstić information content (AvgIpc) is 3.04. The first-order valence-electron chi connectivity index (χ1n) is 9.31. The Labute approximate surface area is 179 Å². The number of anilines is 3. The first kappa shape index (κ1) is 19.0. The van der Waals surface area contributed by atoms with Crippen molar-refractivity contribution in [3.63, 3.8) is 0 Å². The summed E-state index contributed by atoms with van der Waals surface area (Å²) in [7, 11) is 0. The summed E-state index contributed by atoms with van der Waals surface area (Å²) in [6, 6.07) is 28.4. The molecule has 0 radical (unpaired) electrons. The predicted octanol–water partition coefficient (Wildman–Crippen LogP) is 8.57. The van der Waals surface area contributed by atoms with Crippen LogP contribution in [0.25, 0.3) is 10.4 Å². The van der Waals surface area contributed by atoms with Crippen LogP contribution in [0.15, 0.2) is 83.3 Å². The van der Waals surface area contributed by atoms with Crippen molar-refractivity contribution < 1.29 is 0 Å². The Hall–Kier alpha value is -2.36. The van der Waals surface area contributed by atoms with Crippen LogP contribution in [0.4, 0.5) is 17.1 Å². The Kier molecular flexibility index (Phi) is 5.38. The van der Waals surface area contributed by atoms with Gasteiger partial charge in [0.2, 0.25) is 0 Å². The third kappa shape index (κ3) is 3.91. The number of hydrogen-bond acceptors (Lipinski definition) is 2. The van der Waals surface area contributed by atoms with E-state index in [2.05, 4.69) is 120 Å². The maximum Gasteiger partial charge on any atom is 0.0462 e. The van der Waals surface area contributed by atoms with Crippen LogP contribution in [-0.4, -0.2) is 0 Å². The number of nitrogens with zero attached hydrogens (tertiary/aromatic N) is 1. The fourth-order valence-electron chi connectivity index (χ4n) is 3.21. The summed E-state index contributed by atoms with van der Waals surface area (Å²) in [5.41, 5.74) is 7.26. The molecule has 4 aromatic rings. The summed E-state index contributed by atoms with van der Waals surface area (Å²) < 4.78 is 1.18. The standard InChI is InChI=1S/C25H22BrNS/c1-17-4-10-21(11-5-17)27(22-12-6-18(2)7-13-22)23-14-8-20(9-15-23)25-16-24(26)19(3)28-25/h4-16H,1-3H3. The Morgan fingerprint density at radius 1 is 0.643 bits per heavy atom. The lowest BCUT2D eigenvalue weighted by Gasteiger charge is -2.26. The first-order chi connectivity index (χ1) is 13.5. The molecule has 0 atom stereocenters. The highest BCUT2D eigenvalue weighted by molar-refractivity contribution is 9.10. The molecule has 0 aliphatic carbocycles. The van der Waals surface area contributed by atoms with E-state index in [-0.39, 0.29) is 0 Å². The van der Waals surface area contributed by atoms with Crippen LogP contribution >= 0.6 is 27.3 Å². The largest absolute Gasteiger partial charge is 0.311 e. The molecule has 0 aliphatic heterocycles. The fourth-order valence-corrected chi connectivity index (χ4v) is 4.75. The van der Waals surface area contributed by atoms with Crippen molar-refractivity contribution in [3.05, 3.63) is 99.3 Å². The first-order valence-corrected chi connectivity index (χ1v) is 10.9. The van der Waals surface area contributed by atoms with E-state index in [1.807, 2.05) is 11.3 Å². The molecule has 0 fully saturated rings. The SMILES string of the molecule is Cc1ccc(N(c2ccc(C)cc2)c2ccc(-c3cc(Br)c(C)s3)cc2)cc1. The minimum absolute atomic E-state index is 1.16. The van der Waals surface area contributed by atoms with Gasteiger partial charge in [0.25, 0.3) is 0 Å². The topological polar surface area (TPSA) is 3.24 Å². The van der Waals surface area contributed by atoms with E-state index in [9.17, 15) is 0 Å². The van der Waals surface area contributed by atoms with Crippen LogP contribution in [0.5, 0.6) is 0 Å². The lowest BCUT2D eigenvalue weighted by molar-refractivity contribution is 1.27. The number of rotatable bonds is 4.